The van der Waals surface area contributed by atoms with Crippen molar-refractivity contribution in [3.8, 4) is 11.3 Å². The minimum absolute atomic E-state index is 0.0247. The molecule has 0 bridgehead atoms. The second kappa shape index (κ2) is 5.79. The van der Waals surface area contributed by atoms with Gasteiger partial charge in [-0.3, -0.25) is 19.2 Å². The lowest BCUT2D eigenvalue weighted by Gasteiger charge is -2.23. The van der Waals surface area contributed by atoms with Gasteiger partial charge in [-0.05, 0) is 25.0 Å². The van der Waals surface area contributed by atoms with E-state index in [1.807, 2.05) is 29.9 Å². The van der Waals surface area contributed by atoms with Crippen molar-refractivity contribution in [2.24, 2.45) is 7.05 Å². The molecule has 0 spiro atoms. The Labute approximate surface area is 149 Å². The van der Waals surface area contributed by atoms with Crippen LogP contribution >= 0.6 is 0 Å². The van der Waals surface area contributed by atoms with E-state index in [0.717, 1.165) is 46.2 Å². The van der Waals surface area contributed by atoms with Gasteiger partial charge in [0.25, 0.3) is 0 Å². The van der Waals surface area contributed by atoms with E-state index < -0.39 is 0 Å². The number of H-pyrrole nitrogens is 1. The third-order valence-corrected chi connectivity index (χ3v) is 5.50. The van der Waals surface area contributed by atoms with Crippen LogP contribution in [-0.2, 0) is 7.05 Å². The average Bonchev–Trinajstić information content (AvgIpc) is 3.30. The van der Waals surface area contributed by atoms with Crippen LogP contribution in [-0.4, -0.2) is 29.3 Å². The fourth-order valence-electron chi connectivity index (χ4n) is 4.12. The summed E-state index contributed by atoms with van der Waals surface area (Å²) in [6.07, 6.45) is 11.0. The normalized spacial score (nSPS) is 15.9. The highest BCUT2D eigenvalue weighted by Crippen LogP contribution is 2.32. The fourth-order valence-corrected chi connectivity index (χ4v) is 4.12. The highest BCUT2D eigenvalue weighted by atomic mass is 16.1. The number of aryl methyl sites for hydroxylation is 1. The van der Waals surface area contributed by atoms with Gasteiger partial charge in [-0.2, -0.15) is 5.10 Å². The first-order valence-corrected chi connectivity index (χ1v) is 9.10. The number of nitrogens with one attached hydrogen (secondary N) is 1. The topological polar surface area (TPSA) is 81.4 Å². The van der Waals surface area contributed by atoms with Crippen LogP contribution in [0.15, 0.2) is 35.5 Å². The third kappa shape index (κ3) is 2.20. The van der Waals surface area contributed by atoms with E-state index in [2.05, 4.69) is 15.2 Å². The van der Waals surface area contributed by atoms with Crippen LogP contribution < -0.4 is 5.69 Å². The quantitative estimate of drug-likeness (QED) is 0.603. The Morgan fingerprint density at radius 3 is 2.77 bits per heavy atom. The van der Waals surface area contributed by atoms with Crippen molar-refractivity contribution < 1.29 is 0 Å². The lowest BCUT2D eigenvalue weighted by molar-refractivity contribution is 0.351. The highest BCUT2D eigenvalue weighted by molar-refractivity contribution is 6.00. The number of nitrogens with zero attached hydrogens (tertiary/aromatic N) is 5. The standard InChI is InChI=1S/C19H20N6O/c1-24-16-11-20-15-8-7-14(12-9-21-22-10-12)23-17(15)18(16)25(19(24)26)13-5-3-2-4-6-13/h7-11,13H,2-6H2,1H3,(H,21,22). The Kier molecular flexibility index (Phi) is 3.41. The number of pyridine rings is 2. The Morgan fingerprint density at radius 1 is 1.15 bits per heavy atom. The molecule has 4 heterocycles. The van der Waals surface area contributed by atoms with Crippen LogP contribution in [0.4, 0.5) is 0 Å². The second-order valence-electron chi connectivity index (χ2n) is 7.05. The zero-order chi connectivity index (χ0) is 17.7. The number of aromatic nitrogens is 6. The van der Waals surface area contributed by atoms with Crippen molar-refractivity contribution in [2.45, 2.75) is 38.1 Å². The average molecular weight is 348 g/mol. The maximum Gasteiger partial charge on any atom is 0.329 e. The molecule has 0 atom stereocenters. The van der Waals surface area contributed by atoms with Gasteiger partial charge in [-0.1, -0.05) is 19.3 Å². The summed E-state index contributed by atoms with van der Waals surface area (Å²) in [5.41, 5.74) is 5.10. The van der Waals surface area contributed by atoms with E-state index in [4.69, 9.17) is 4.98 Å². The molecule has 5 rings (SSSR count). The fraction of sp³-hybridized carbons (Fsp3) is 0.368. The summed E-state index contributed by atoms with van der Waals surface area (Å²) in [7, 11) is 1.82. The van der Waals surface area contributed by atoms with Gasteiger partial charge in [-0.25, -0.2) is 9.78 Å². The molecule has 1 aliphatic rings. The minimum Gasteiger partial charge on any atom is -0.293 e. The van der Waals surface area contributed by atoms with E-state index >= 15 is 0 Å². The lowest BCUT2D eigenvalue weighted by Crippen LogP contribution is -2.27. The zero-order valence-electron chi connectivity index (χ0n) is 14.6. The largest absolute Gasteiger partial charge is 0.329 e. The maximum absolute atomic E-state index is 13.0. The minimum atomic E-state index is 0.0247. The molecule has 0 aliphatic heterocycles. The van der Waals surface area contributed by atoms with E-state index in [0.29, 0.717) is 0 Å². The summed E-state index contributed by atoms with van der Waals surface area (Å²) >= 11 is 0. The molecule has 0 saturated heterocycles. The van der Waals surface area contributed by atoms with Gasteiger partial charge in [0.1, 0.15) is 5.52 Å². The van der Waals surface area contributed by atoms with Crippen LogP contribution in [0.5, 0.6) is 0 Å². The Hall–Kier alpha value is -2.96. The Balaban J connectivity index is 1.84. The first kappa shape index (κ1) is 15.3. The van der Waals surface area contributed by atoms with Crippen LogP contribution in [0, 0.1) is 0 Å². The number of hydrogen-bond acceptors (Lipinski definition) is 4. The highest BCUT2D eigenvalue weighted by Gasteiger charge is 2.23. The predicted molar refractivity (Wildman–Crippen MR) is 100.0 cm³/mol. The van der Waals surface area contributed by atoms with Crippen molar-refractivity contribution >= 4 is 22.1 Å². The summed E-state index contributed by atoms with van der Waals surface area (Å²) < 4.78 is 3.66. The lowest BCUT2D eigenvalue weighted by atomic mass is 9.95. The van der Waals surface area contributed by atoms with Gasteiger partial charge in [0.05, 0.1) is 34.6 Å². The molecule has 1 N–H and O–H groups in total. The molecule has 7 nitrogen and oxygen atoms in total. The number of rotatable bonds is 2. The van der Waals surface area contributed by atoms with Crippen molar-refractivity contribution in [1.82, 2.24) is 29.3 Å². The number of imidazole rings is 1. The van der Waals surface area contributed by atoms with Crippen LogP contribution in [0.1, 0.15) is 38.1 Å². The molecule has 0 unspecified atom stereocenters. The molecule has 132 valence electrons. The SMILES string of the molecule is Cn1c(=O)n(C2CCCCC2)c2c3nc(-c4cn[nH]c4)ccc3ncc21. The number of fused-ring (bicyclic) bond motifs is 3. The Bertz CT molecular complexity index is 1150. The first-order chi connectivity index (χ1) is 12.7. The van der Waals surface area contributed by atoms with Crippen LogP contribution in [0.3, 0.4) is 0 Å². The third-order valence-electron chi connectivity index (χ3n) is 5.50. The molecular weight excluding hydrogens is 328 g/mol. The zero-order valence-corrected chi connectivity index (χ0v) is 14.6. The summed E-state index contributed by atoms with van der Waals surface area (Å²) in [5.74, 6) is 0. The smallest absolute Gasteiger partial charge is 0.293 e. The monoisotopic (exact) mass is 348 g/mol. The maximum atomic E-state index is 13.0. The Morgan fingerprint density at radius 2 is 2.00 bits per heavy atom. The molecule has 0 amide bonds. The second-order valence-corrected chi connectivity index (χ2v) is 7.05. The van der Waals surface area contributed by atoms with Crippen LogP contribution in [0.25, 0.3) is 33.3 Å². The van der Waals surface area contributed by atoms with Gasteiger partial charge in [-0.15, -0.1) is 0 Å². The molecule has 4 aromatic rings. The van der Waals surface area contributed by atoms with Crippen LogP contribution in [0.2, 0.25) is 0 Å². The molecule has 1 saturated carbocycles. The van der Waals surface area contributed by atoms with Crippen molar-refractivity contribution in [3.05, 3.63) is 41.2 Å². The van der Waals surface area contributed by atoms with E-state index in [9.17, 15) is 4.79 Å². The summed E-state index contributed by atoms with van der Waals surface area (Å²) in [5, 5.41) is 6.84. The van der Waals surface area contributed by atoms with Crippen molar-refractivity contribution in [2.75, 3.05) is 0 Å². The first-order valence-electron chi connectivity index (χ1n) is 9.10. The van der Waals surface area contributed by atoms with E-state index in [1.54, 1.807) is 17.0 Å². The van der Waals surface area contributed by atoms with Gasteiger partial charge >= 0.3 is 5.69 Å². The number of aromatic amines is 1. The van der Waals surface area contributed by atoms with Crippen molar-refractivity contribution in [1.29, 1.82) is 0 Å². The van der Waals surface area contributed by atoms with Gasteiger partial charge in [0.2, 0.25) is 0 Å². The molecule has 7 heteroatoms. The molecule has 0 aromatic carbocycles. The predicted octanol–water partition coefficient (Wildman–Crippen LogP) is 3.18. The molecular formula is C19H20N6O. The molecule has 26 heavy (non-hydrogen) atoms. The molecule has 0 radical (unpaired) electrons. The van der Waals surface area contributed by atoms with Gasteiger partial charge < -0.3 is 0 Å². The summed E-state index contributed by atoms with van der Waals surface area (Å²) in [4.78, 5) is 22.4. The molecule has 4 aromatic heterocycles. The van der Waals surface area contributed by atoms with E-state index in [-0.39, 0.29) is 11.7 Å². The molecule has 1 aliphatic carbocycles. The summed E-state index contributed by atoms with van der Waals surface area (Å²) in [6, 6.07) is 4.15. The van der Waals surface area contributed by atoms with Gasteiger partial charge in [0, 0.05) is 24.8 Å². The molecule has 1 fully saturated rings. The van der Waals surface area contributed by atoms with Crippen molar-refractivity contribution in [3.63, 3.8) is 0 Å². The number of hydrogen-bond donors (Lipinski definition) is 1. The van der Waals surface area contributed by atoms with Gasteiger partial charge in [0.15, 0.2) is 0 Å². The van der Waals surface area contributed by atoms with E-state index in [1.165, 1.54) is 19.3 Å². The summed E-state index contributed by atoms with van der Waals surface area (Å²) in [6.45, 7) is 0.